The Morgan fingerprint density at radius 1 is 1.27 bits per heavy atom. The van der Waals surface area contributed by atoms with E-state index < -0.39 is 15.9 Å². The van der Waals surface area contributed by atoms with E-state index >= 15 is 0 Å². The molecule has 8 nitrogen and oxygen atoms in total. The van der Waals surface area contributed by atoms with Crippen LogP contribution < -0.4 is 5.32 Å². The van der Waals surface area contributed by atoms with Gasteiger partial charge >= 0.3 is 0 Å². The summed E-state index contributed by atoms with van der Waals surface area (Å²) in [5.74, 6) is 0.438. The molecular weight excluding hydrogens is 402 g/mol. The van der Waals surface area contributed by atoms with Crippen molar-refractivity contribution < 1.29 is 13.2 Å². The number of aromatic nitrogens is 3. The predicted molar refractivity (Wildman–Crippen MR) is 116 cm³/mol. The van der Waals surface area contributed by atoms with Crippen LogP contribution in [-0.2, 0) is 21.7 Å². The van der Waals surface area contributed by atoms with E-state index in [2.05, 4.69) is 16.4 Å². The Balaban J connectivity index is 1.42. The number of nitrogens with one attached hydrogen (secondary N) is 1. The maximum absolute atomic E-state index is 13.2. The second kappa shape index (κ2) is 8.11. The molecule has 0 bridgehead atoms. The number of amides is 1. The standard InChI is InChI=1S/C21H29N5O3S/c1-14(2)18(23-16-8-12-30(28,29)13-16)21(27)26-10-6-15(7-11-26)19-17-5-4-9-22-20(17)25(3)24-19/h4-5,8-9,12,14-16,18,23H,6-7,10-11,13H2,1-3H3/t16-,18-/m1/s1. The molecule has 0 aliphatic carbocycles. The van der Waals surface area contributed by atoms with Gasteiger partial charge in [0, 0.05) is 49.1 Å². The number of piperidine rings is 1. The van der Waals surface area contributed by atoms with Gasteiger partial charge in [0.2, 0.25) is 5.91 Å². The van der Waals surface area contributed by atoms with Crippen LogP contribution in [-0.4, -0.2) is 64.9 Å². The fraction of sp³-hybridized carbons (Fsp3) is 0.571. The van der Waals surface area contributed by atoms with Crippen molar-refractivity contribution in [1.82, 2.24) is 25.0 Å². The second-order valence-electron chi connectivity index (χ2n) is 8.64. The molecule has 1 saturated heterocycles. The molecule has 0 saturated carbocycles. The molecule has 1 fully saturated rings. The smallest absolute Gasteiger partial charge is 0.239 e. The first-order chi connectivity index (χ1) is 14.2. The number of sulfone groups is 1. The zero-order valence-corrected chi connectivity index (χ0v) is 18.5. The van der Waals surface area contributed by atoms with Crippen LogP contribution in [0.1, 0.15) is 38.3 Å². The van der Waals surface area contributed by atoms with Crippen molar-refractivity contribution in [2.75, 3.05) is 18.8 Å². The van der Waals surface area contributed by atoms with Gasteiger partial charge in [-0.15, -0.1) is 0 Å². The monoisotopic (exact) mass is 431 g/mol. The summed E-state index contributed by atoms with van der Waals surface area (Å²) < 4.78 is 25.2. The summed E-state index contributed by atoms with van der Waals surface area (Å²) in [6.45, 7) is 5.32. The van der Waals surface area contributed by atoms with E-state index in [1.807, 2.05) is 36.5 Å². The van der Waals surface area contributed by atoms with E-state index in [1.165, 1.54) is 5.41 Å². The fourth-order valence-corrected chi connectivity index (χ4v) is 5.70. The third-order valence-electron chi connectivity index (χ3n) is 6.08. The van der Waals surface area contributed by atoms with Gasteiger partial charge < -0.3 is 4.90 Å². The zero-order valence-electron chi connectivity index (χ0n) is 17.7. The number of hydrogen-bond acceptors (Lipinski definition) is 6. The SMILES string of the molecule is CC(C)[C@@H](N[C@@H]1C=CS(=O)(=O)C1)C(=O)N1CCC(c2nn(C)c3ncccc23)CC1. The van der Waals surface area contributed by atoms with Crippen LogP contribution in [0.25, 0.3) is 11.0 Å². The van der Waals surface area contributed by atoms with E-state index in [9.17, 15) is 13.2 Å². The maximum atomic E-state index is 13.2. The molecule has 0 spiro atoms. The Kier molecular flexibility index (Phi) is 5.67. The third kappa shape index (κ3) is 4.13. The molecule has 162 valence electrons. The molecule has 2 atom stereocenters. The van der Waals surface area contributed by atoms with E-state index in [0.717, 1.165) is 29.6 Å². The summed E-state index contributed by atoms with van der Waals surface area (Å²) in [6.07, 6.45) is 5.13. The molecule has 1 amide bonds. The van der Waals surface area contributed by atoms with Gasteiger partial charge in [0.15, 0.2) is 15.5 Å². The van der Waals surface area contributed by atoms with Crippen LogP contribution in [0.5, 0.6) is 0 Å². The number of hydrogen-bond donors (Lipinski definition) is 1. The number of carbonyl (C=O) groups excluding carboxylic acids is 1. The molecule has 30 heavy (non-hydrogen) atoms. The Morgan fingerprint density at radius 2 is 2.00 bits per heavy atom. The molecule has 2 aliphatic rings. The summed E-state index contributed by atoms with van der Waals surface area (Å²) >= 11 is 0. The molecule has 1 N–H and O–H groups in total. The van der Waals surface area contributed by atoms with Crippen LogP contribution in [0.2, 0.25) is 0 Å². The number of likely N-dealkylation sites (tertiary alicyclic amines) is 1. The van der Waals surface area contributed by atoms with Crippen molar-refractivity contribution in [3.63, 3.8) is 0 Å². The van der Waals surface area contributed by atoms with Crippen molar-refractivity contribution in [2.24, 2.45) is 13.0 Å². The minimum absolute atomic E-state index is 0.0202. The van der Waals surface area contributed by atoms with Crippen LogP contribution in [0.15, 0.2) is 29.8 Å². The zero-order chi connectivity index (χ0) is 21.5. The van der Waals surface area contributed by atoms with Crippen molar-refractivity contribution >= 4 is 26.8 Å². The fourth-order valence-electron chi connectivity index (χ4n) is 4.45. The molecule has 2 aromatic rings. The lowest BCUT2D eigenvalue weighted by Crippen LogP contribution is -2.54. The molecule has 0 radical (unpaired) electrons. The number of nitrogens with zero attached hydrogens (tertiary/aromatic N) is 4. The van der Waals surface area contributed by atoms with Gasteiger partial charge in [0.25, 0.3) is 0 Å². The average molecular weight is 432 g/mol. The number of fused-ring (bicyclic) bond motifs is 1. The molecule has 4 rings (SSSR count). The van der Waals surface area contributed by atoms with E-state index in [-0.39, 0.29) is 23.6 Å². The summed E-state index contributed by atoms with van der Waals surface area (Å²) in [5.41, 5.74) is 1.95. The predicted octanol–water partition coefficient (Wildman–Crippen LogP) is 1.60. The Bertz CT molecular complexity index is 1070. The number of rotatable bonds is 5. The lowest BCUT2D eigenvalue weighted by atomic mass is 9.91. The van der Waals surface area contributed by atoms with Gasteiger partial charge in [-0.1, -0.05) is 19.9 Å². The molecule has 0 aromatic carbocycles. The largest absolute Gasteiger partial charge is 0.341 e. The van der Waals surface area contributed by atoms with E-state index in [1.54, 1.807) is 12.3 Å². The first-order valence-electron chi connectivity index (χ1n) is 10.5. The molecule has 2 aromatic heterocycles. The summed E-state index contributed by atoms with van der Waals surface area (Å²) in [4.78, 5) is 19.5. The highest BCUT2D eigenvalue weighted by atomic mass is 32.2. The lowest BCUT2D eigenvalue weighted by molar-refractivity contribution is -0.135. The van der Waals surface area contributed by atoms with Crippen LogP contribution >= 0.6 is 0 Å². The van der Waals surface area contributed by atoms with E-state index in [0.29, 0.717) is 19.0 Å². The van der Waals surface area contributed by atoms with Gasteiger partial charge in [-0.05, 0) is 30.9 Å². The normalized spacial score (nSPS) is 22.8. The highest BCUT2D eigenvalue weighted by Gasteiger charge is 2.34. The Hall–Kier alpha value is -2.26. The first kappa shape index (κ1) is 21.0. The molecular formula is C21H29N5O3S. The van der Waals surface area contributed by atoms with Crippen LogP contribution in [0.4, 0.5) is 0 Å². The molecule has 4 heterocycles. The topological polar surface area (TPSA) is 97.2 Å². The lowest BCUT2D eigenvalue weighted by Gasteiger charge is -2.35. The van der Waals surface area contributed by atoms with Crippen LogP contribution in [0.3, 0.4) is 0 Å². The second-order valence-corrected chi connectivity index (χ2v) is 10.6. The molecule has 9 heteroatoms. The first-order valence-corrected chi connectivity index (χ1v) is 12.2. The van der Waals surface area contributed by atoms with Gasteiger partial charge in [0.05, 0.1) is 17.5 Å². The Morgan fingerprint density at radius 3 is 2.63 bits per heavy atom. The summed E-state index contributed by atoms with van der Waals surface area (Å²) in [5, 5.41) is 10.3. The third-order valence-corrected chi connectivity index (χ3v) is 7.47. The summed E-state index contributed by atoms with van der Waals surface area (Å²) in [6, 6.07) is 3.29. The quantitative estimate of drug-likeness (QED) is 0.772. The van der Waals surface area contributed by atoms with Crippen molar-refractivity contribution in [3.05, 3.63) is 35.5 Å². The maximum Gasteiger partial charge on any atom is 0.239 e. The minimum Gasteiger partial charge on any atom is -0.341 e. The summed E-state index contributed by atoms with van der Waals surface area (Å²) in [7, 11) is -1.24. The van der Waals surface area contributed by atoms with Crippen molar-refractivity contribution in [1.29, 1.82) is 0 Å². The highest BCUT2D eigenvalue weighted by molar-refractivity contribution is 7.94. The highest BCUT2D eigenvalue weighted by Crippen LogP contribution is 2.32. The molecule has 2 aliphatic heterocycles. The average Bonchev–Trinajstić information content (AvgIpc) is 3.24. The molecule has 0 unspecified atom stereocenters. The number of aryl methyl sites for hydroxylation is 1. The van der Waals surface area contributed by atoms with Gasteiger partial charge in [-0.25, -0.2) is 13.4 Å². The van der Waals surface area contributed by atoms with Crippen molar-refractivity contribution in [3.8, 4) is 0 Å². The Labute approximate surface area is 177 Å². The van der Waals surface area contributed by atoms with Gasteiger partial charge in [0.1, 0.15) is 0 Å². The van der Waals surface area contributed by atoms with Gasteiger partial charge in [-0.3, -0.25) is 14.8 Å². The van der Waals surface area contributed by atoms with E-state index in [4.69, 9.17) is 5.10 Å². The number of carbonyl (C=O) groups is 1. The minimum atomic E-state index is -3.15. The van der Waals surface area contributed by atoms with Crippen LogP contribution in [0, 0.1) is 5.92 Å². The number of pyridine rings is 1. The van der Waals surface area contributed by atoms with Crippen molar-refractivity contribution in [2.45, 2.75) is 44.7 Å². The van der Waals surface area contributed by atoms with Gasteiger partial charge in [-0.2, -0.15) is 5.10 Å².